The van der Waals surface area contributed by atoms with Crippen LogP contribution in [0, 0.1) is 6.92 Å². The van der Waals surface area contributed by atoms with Crippen LogP contribution in [0.2, 0.25) is 0 Å². The van der Waals surface area contributed by atoms with Gasteiger partial charge in [0.25, 0.3) is 0 Å². The highest BCUT2D eigenvalue weighted by Gasteiger charge is 2.02. The summed E-state index contributed by atoms with van der Waals surface area (Å²) in [5.74, 6) is 0. The molecule has 0 amide bonds. The third-order valence-electron chi connectivity index (χ3n) is 2.27. The molecule has 0 aliphatic carbocycles. The van der Waals surface area contributed by atoms with Gasteiger partial charge in [0.15, 0.2) is 0 Å². The summed E-state index contributed by atoms with van der Waals surface area (Å²) in [5.41, 5.74) is 2.31. The van der Waals surface area contributed by atoms with Gasteiger partial charge in [-0.05, 0) is 39.6 Å². The third-order valence-corrected chi connectivity index (χ3v) is 2.27. The van der Waals surface area contributed by atoms with Crippen LogP contribution in [0.25, 0.3) is 0 Å². The van der Waals surface area contributed by atoms with E-state index in [1.807, 2.05) is 19.2 Å². The number of rotatable bonds is 5. The molecule has 0 spiro atoms. The average Bonchev–Trinajstić information content (AvgIpc) is 2.16. The van der Waals surface area contributed by atoms with E-state index in [-0.39, 0.29) is 0 Å². The predicted octanol–water partition coefficient (Wildman–Crippen LogP) is 1.43. The summed E-state index contributed by atoms with van der Waals surface area (Å²) in [6.45, 7) is 6.15. The standard InChI is InChI=1S/C12H21N3/c1-10-5-6-12(7-13-10)8-14-11(2)9-15(3)4/h5-7,11,14H,8-9H2,1-4H3. The second-order valence-corrected chi connectivity index (χ2v) is 4.35. The topological polar surface area (TPSA) is 28.2 Å². The highest BCUT2D eigenvalue weighted by Crippen LogP contribution is 1.99. The van der Waals surface area contributed by atoms with Crippen molar-refractivity contribution in [3.8, 4) is 0 Å². The van der Waals surface area contributed by atoms with Gasteiger partial charge in [0, 0.05) is 31.0 Å². The van der Waals surface area contributed by atoms with Gasteiger partial charge in [-0.15, -0.1) is 0 Å². The average molecular weight is 207 g/mol. The number of pyridine rings is 1. The zero-order valence-electron chi connectivity index (χ0n) is 10.1. The molecule has 0 saturated carbocycles. The van der Waals surface area contributed by atoms with Crippen molar-refractivity contribution in [3.63, 3.8) is 0 Å². The lowest BCUT2D eigenvalue weighted by Crippen LogP contribution is -2.35. The van der Waals surface area contributed by atoms with E-state index >= 15 is 0 Å². The number of aromatic nitrogens is 1. The Hall–Kier alpha value is -0.930. The maximum Gasteiger partial charge on any atom is 0.0372 e. The van der Waals surface area contributed by atoms with Crippen LogP contribution in [0.3, 0.4) is 0 Å². The fourth-order valence-electron chi connectivity index (χ4n) is 1.51. The Morgan fingerprint density at radius 3 is 2.67 bits per heavy atom. The van der Waals surface area contributed by atoms with Gasteiger partial charge in [-0.1, -0.05) is 6.07 Å². The Morgan fingerprint density at radius 2 is 2.13 bits per heavy atom. The van der Waals surface area contributed by atoms with E-state index in [2.05, 4.69) is 42.3 Å². The van der Waals surface area contributed by atoms with Crippen molar-refractivity contribution < 1.29 is 0 Å². The number of nitrogens with zero attached hydrogens (tertiary/aromatic N) is 2. The SMILES string of the molecule is Cc1ccc(CNC(C)CN(C)C)cn1. The minimum Gasteiger partial charge on any atom is -0.309 e. The van der Waals surface area contributed by atoms with Gasteiger partial charge in [0.05, 0.1) is 0 Å². The highest BCUT2D eigenvalue weighted by molar-refractivity contribution is 5.12. The first-order valence-corrected chi connectivity index (χ1v) is 5.37. The molecule has 0 aliphatic heterocycles. The monoisotopic (exact) mass is 207 g/mol. The van der Waals surface area contributed by atoms with E-state index in [9.17, 15) is 0 Å². The van der Waals surface area contributed by atoms with Crippen LogP contribution in [-0.4, -0.2) is 36.6 Å². The fraction of sp³-hybridized carbons (Fsp3) is 0.583. The van der Waals surface area contributed by atoms with E-state index in [4.69, 9.17) is 0 Å². The van der Waals surface area contributed by atoms with Crippen molar-refractivity contribution in [2.45, 2.75) is 26.4 Å². The number of nitrogens with one attached hydrogen (secondary N) is 1. The van der Waals surface area contributed by atoms with Crippen molar-refractivity contribution in [2.75, 3.05) is 20.6 Å². The smallest absolute Gasteiger partial charge is 0.0372 e. The van der Waals surface area contributed by atoms with E-state index in [1.54, 1.807) is 0 Å². The molecule has 1 rings (SSSR count). The molecule has 1 heterocycles. The van der Waals surface area contributed by atoms with Crippen molar-refractivity contribution in [1.82, 2.24) is 15.2 Å². The maximum atomic E-state index is 4.27. The first-order chi connectivity index (χ1) is 7.08. The Kier molecular flexibility index (Phi) is 4.72. The molecule has 0 bridgehead atoms. The van der Waals surface area contributed by atoms with Crippen molar-refractivity contribution in [1.29, 1.82) is 0 Å². The quantitative estimate of drug-likeness (QED) is 0.791. The van der Waals surface area contributed by atoms with Crippen LogP contribution < -0.4 is 5.32 Å². The molecule has 1 atom stereocenters. The van der Waals surface area contributed by atoms with Gasteiger partial charge in [-0.25, -0.2) is 0 Å². The fourth-order valence-corrected chi connectivity index (χ4v) is 1.51. The molecule has 0 aromatic carbocycles. The highest BCUT2D eigenvalue weighted by atomic mass is 15.1. The molecule has 0 radical (unpaired) electrons. The van der Waals surface area contributed by atoms with Crippen LogP contribution in [0.4, 0.5) is 0 Å². The molecule has 1 aromatic rings. The summed E-state index contributed by atoms with van der Waals surface area (Å²) in [7, 11) is 4.18. The number of hydrogen-bond donors (Lipinski definition) is 1. The van der Waals surface area contributed by atoms with Gasteiger partial charge in [-0.2, -0.15) is 0 Å². The molecular weight excluding hydrogens is 186 g/mol. The molecule has 3 nitrogen and oxygen atoms in total. The second kappa shape index (κ2) is 5.83. The zero-order chi connectivity index (χ0) is 11.3. The third kappa shape index (κ3) is 4.91. The van der Waals surface area contributed by atoms with Crippen molar-refractivity contribution >= 4 is 0 Å². The van der Waals surface area contributed by atoms with Crippen LogP contribution in [0.1, 0.15) is 18.2 Å². The Labute approximate surface area is 92.5 Å². The molecule has 1 N–H and O–H groups in total. The van der Waals surface area contributed by atoms with Gasteiger partial charge >= 0.3 is 0 Å². The van der Waals surface area contributed by atoms with Gasteiger partial charge < -0.3 is 10.2 Å². The number of aryl methyl sites for hydroxylation is 1. The van der Waals surface area contributed by atoms with E-state index in [0.29, 0.717) is 6.04 Å². The number of likely N-dealkylation sites (N-methyl/N-ethyl adjacent to an activating group) is 1. The van der Waals surface area contributed by atoms with Crippen LogP contribution in [-0.2, 0) is 6.54 Å². The van der Waals surface area contributed by atoms with Crippen LogP contribution >= 0.6 is 0 Å². The van der Waals surface area contributed by atoms with Gasteiger partial charge in [0.1, 0.15) is 0 Å². The lowest BCUT2D eigenvalue weighted by molar-refractivity contribution is 0.349. The molecule has 0 fully saturated rings. The van der Waals surface area contributed by atoms with E-state index < -0.39 is 0 Å². The maximum absolute atomic E-state index is 4.27. The molecule has 0 aliphatic rings. The van der Waals surface area contributed by atoms with Gasteiger partial charge in [-0.3, -0.25) is 4.98 Å². The molecule has 15 heavy (non-hydrogen) atoms. The largest absolute Gasteiger partial charge is 0.309 e. The predicted molar refractivity (Wildman–Crippen MR) is 63.8 cm³/mol. The zero-order valence-corrected chi connectivity index (χ0v) is 10.1. The molecule has 1 aromatic heterocycles. The Balaban J connectivity index is 2.33. The summed E-state index contributed by atoms with van der Waals surface area (Å²) in [5, 5.41) is 3.47. The Bertz CT molecular complexity index is 279. The molecular formula is C12H21N3. The first-order valence-electron chi connectivity index (χ1n) is 5.37. The molecule has 1 unspecified atom stereocenters. The summed E-state index contributed by atoms with van der Waals surface area (Å²) in [6, 6.07) is 4.67. The second-order valence-electron chi connectivity index (χ2n) is 4.35. The van der Waals surface area contributed by atoms with Gasteiger partial charge in [0.2, 0.25) is 0 Å². The molecule has 3 heteroatoms. The minimum absolute atomic E-state index is 0.501. The summed E-state index contributed by atoms with van der Waals surface area (Å²) >= 11 is 0. The van der Waals surface area contributed by atoms with Crippen molar-refractivity contribution in [3.05, 3.63) is 29.6 Å². The summed E-state index contributed by atoms with van der Waals surface area (Å²) < 4.78 is 0. The summed E-state index contributed by atoms with van der Waals surface area (Å²) in [6.07, 6.45) is 1.94. The summed E-state index contributed by atoms with van der Waals surface area (Å²) in [4.78, 5) is 6.45. The first kappa shape index (κ1) is 12.1. The van der Waals surface area contributed by atoms with E-state index in [1.165, 1.54) is 5.56 Å². The van der Waals surface area contributed by atoms with Crippen LogP contribution in [0.15, 0.2) is 18.3 Å². The van der Waals surface area contributed by atoms with Crippen LogP contribution in [0.5, 0.6) is 0 Å². The molecule has 84 valence electrons. The van der Waals surface area contributed by atoms with Crippen molar-refractivity contribution in [2.24, 2.45) is 0 Å². The number of hydrogen-bond acceptors (Lipinski definition) is 3. The minimum atomic E-state index is 0.501. The lowest BCUT2D eigenvalue weighted by atomic mass is 10.2. The molecule has 0 saturated heterocycles. The lowest BCUT2D eigenvalue weighted by Gasteiger charge is -2.18. The normalized spacial score (nSPS) is 13.1. The van der Waals surface area contributed by atoms with E-state index in [0.717, 1.165) is 18.8 Å². The Morgan fingerprint density at radius 1 is 1.40 bits per heavy atom.